The third kappa shape index (κ3) is 6.69. The molecule has 3 aromatic heterocycles. The van der Waals surface area contributed by atoms with Gasteiger partial charge in [-0.25, -0.2) is 19.9 Å². The van der Waals surface area contributed by atoms with E-state index < -0.39 is 0 Å². The fraction of sp³-hybridized carbons (Fsp3) is 0.250. The number of nitrogens with two attached hydrogens (primary N) is 3. The van der Waals surface area contributed by atoms with Gasteiger partial charge in [0, 0.05) is 23.5 Å². The summed E-state index contributed by atoms with van der Waals surface area (Å²) in [6.07, 6.45) is 5.90. The minimum atomic E-state index is 0.183. The molecule has 0 amide bonds. The van der Waals surface area contributed by atoms with E-state index in [4.69, 9.17) is 21.2 Å². The van der Waals surface area contributed by atoms with Crippen molar-refractivity contribution in [2.45, 2.75) is 33.6 Å². The number of hydrogen-bond donors (Lipinski definition) is 5. The smallest absolute Gasteiger partial charge is 0.220 e. The number of hydrogen-bond acceptors (Lipinski definition) is 9. The molecule has 10 heteroatoms. The van der Waals surface area contributed by atoms with Crippen molar-refractivity contribution >= 4 is 24.6 Å². The van der Waals surface area contributed by atoms with Gasteiger partial charge in [0.1, 0.15) is 11.5 Å². The van der Waals surface area contributed by atoms with Crippen molar-refractivity contribution in [2.24, 2.45) is 5.14 Å². The Morgan fingerprint density at radius 3 is 2.21 bits per heavy atom. The Kier molecular flexibility index (Phi) is 10.3. The number of benzene rings is 1. The Hall–Kier alpha value is -3.63. The third-order valence-electron chi connectivity index (χ3n) is 4.83. The van der Waals surface area contributed by atoms with Gasteiger partial charge < -0.3 is 21.2 Å². The van der Waals surface area contributed by atoms with E-state index in [1.54, 1.807) is 31.6 Å². The number of ether oxygens (including phenoxy) is 1. The Morgan fingerprint density at radius 1 is 0.941 bits per heavy atom. The molecule has 0 atom stereocenters. The maximum Gasteiger partial charge on any atom is 0.220 e. The van der Waals surface area contributed by atoms with Gasteiger partial charge in [-0.05, 0) is 19.1 Å². The van der Waals surface area contributed by atoms with Gasteiger partial charge in [-0.2, -0.15) is 0 Å². The lowest BCUT2D eigenvalue weighted by Crippen LogP contribution is -1.98. The fourth-order valence-electron chi connectivity index (χ4n) is 2.88. The zero-order valence-corrected chi connectivity index (χ0v) is 20.8. The lowest BCUT2D eigenvalue weighted by Gasteiger charge is -2.06. The maximum absolute atomic E-state index is 5.86. The molecule has 0 spiro atoms. The highest BCUT2D eigenvalue weighted by Crippen LogP contribution is 2.34. The number of nitrogens with one attached hydrogen (secondary N) is 1. The van der Waals surface area contributed by atoms with E-state index in [9.17, 15) is 0 Å². The first-order valence-electron chi connectivity index (χ1n) is 10.8. The van der Waals surface area contributed by atoms with E-state index in [0.717, 1.165) is 11.1 Å². The molecular weight excluding hydrogens is 448 g/mol. The molecule has 0 fully saturated rings. The van der Waals surface area contributed by atoms with Crippen LogP contribution in [-0.2, 0) is 0 Å². The van der Waals surface area contributed by atoms with Crippen LogP contribution in [0.15, 0.2) is 48.8 Å². The summed E-state index contributed by atoms with van der Waals surface area (Å²) in [7, 11) is 1.55. The van der Waals surface area contributed by atoms with Crippen LogP contribution in [-0.4, -0.2) is 32.0 Å². The number of aromatic amines is 1. The van der Waals surface area contributed by atoms with Gasteiger partial charge in [0.15, 0.2) is 11.6 Å². The first kappa shape index (κ1) is 26.6. The second kappa shape index (κ2) is 13.2. The summed E-state index contributed by atoms with van der Waals surface area (Å²) in [6, 6.07) is 11.7. The predicted octanol–water partition coefficient (Wildman–Crippen LogP) is 4.67. The van der Waals surface area contributed by atoms with Crippen molar-refractivity contribution in [3.8, 4) is 39.8 Å². The van der Waals surface area contributed by atoms with Crippen molar-refractivity contribution in [2.75, 3.05) is 18.6 Å². The van der Waals surface area contributed by atoms with Crippen LogP contribution in [0.2, 0.25) is 0 Å². The number of H-pyrrole nitrogens is 1. The highest BCUT2D eigenvalue weighted by Gasteiger charge is 2.18. The van der Waals surface area contributed by atoms with Gasteiger partial charge >= 0.3 is 0 Å². The molecule has 0 aliphatic carbocycles. The molecular formula is C24H32N8OS. The quantitative estimate of drug-likeness (QED) is 0.258. The minimum Gasteiger partial charge on any atom is -0.493 e. The van der Waals surface area contributed by atoms with Gasteiger partial charge in [-0.15, -0.1) is 12.8 Å². The standard InChI is InChI=1S/C20H19N7O.C4H10.H3NS/c1-11-3-5-12(6-4-11)19-26-16(13-9-15(28-2)18(21)24-10-13)17(27-19)14-7-8-23-20(22)25-14;1-3-4-2;1-2/h3-10H,1-2H3,(H2,21,24)(H,26,27)(H2,22,23,25);3-4H2,1-2H3;2H,1H2. The lowest BCUT2D eigenvalue weighted by atomic mass is 10.1. The molecule has 0 saturated heterocycles. The minimum absolute atomic E-state index is 0.183. The Bertz CT molecular complexity index is 1180. The molecule has 180 valence electrons. The molecule has 34 heavy (non-hydrogen) atoms. The molecule has 9 nitrogen and oxygen atoms in total. The molecule has 0 saturated carbocycles. The van der Waals surface area contributed by atoms with Crippen LogP contribution in [0, 0.1) is 6.92 Å². The van der Waals surface area contributed by atoms with Gasteiger partial charge in [-0.1, -0.05) is 56.5 Å². The molecule has 3 heterocycles. The summed E-state index contributed by atoms with van der Waals surface area (Å²) in [4.78, 5) is 20.7. The SMILES string of the molecule is CCCC.COc1cc(-c2nc(-c3ccc(C)cc3)[nH]c2-c2ccnc(N)n2)cnc1N.NS. The van der Waals surface area contributed by atoms with Crippen LogP contribution >= 0.6 is 12.8 Å². The Labute approximate surface area is 205 Å². The molecule has 0 radical (unpaired) electrons. The van der Waals surface area contributed by atoms with E-state index in [2.05, 4.69) is 51.7 Å². The normalized spacial score (nSPS) is 9.94. The Balaban J connectivity index is 0.000000618. The second-order valence-electron chi connectivity index (χ2n) is 7.29. The summed E-state index contributed by atoms with van der Waals surface area (Å²) in [5.41, 5.74) is 16.5. The van der Waals surface area contributed by atoms with Gasteiger partial charge in [0.25, 0.3) is 0 Å². The van der Waals surface area contributed by atoms with Gasteiger partial charge in [-0.3, -0.25) is 5.14 Å². The highest BCUT2D eigenvalue weighted by molar-refractivity contribution is 7.77. The molecule has 0 aliphatic rings. The fourth-order valence-corrected chi connectivity index (χ4v) is 2.88. The number of methoxy groups -OCH3 is 1. The van der Waals surface area contributed by atoms with E-state index in [-0.39, 0.29) is 5.95 Å². The number of rotatable bonds is 5. The summed E-state index contributed by atoms with van der Waals surface area (Å²) in [5, 5.41) is 4.19. The number of pyridine rings is 1. The summed E-state index contributed by atoms with van der Waals surface area (Å²) < 4.78 is 5.31. The first-order valence-corrected chi connectivity index (χ1v) is 11.3. The van der Waals surface area contributed by atoms with Crippen molar-refractivity contribution < 1.29 is 4.74 Å². The van der Waals surface area contributed by atoms with Gasteiger partial charge in [0.2, 0.25) is 5.95 Å². The molecule has 7 N–H and O–H groups in total. The van der Waals surface area contributed by atoms with Crippen LogP contribution in [0.4, 0.5) is 11.8 Å². The molecule has 1 aromatic carbocycles. The largest absolute Gasteiger partial charge is 0.493 e. The van der Waals surface area contributed by atoms with Crippen LogP contribution < -0.4 is 21.3 Å². The summed E-state index contributed by atoms with van der Waals surface area (Å²) >= 11 is 3.03. The molecule has 4 aromatic rings. The van der Waals surface area contributed by atoms with Crippen molar-refractivity contribution in [1.82, 2.24) is 24.9 Å². The van der Waals surface area contributed by atoms with Crippen LogP contribution in [0.25, 0.3) is 34.0 Å². The number of imidazole rings is 1. The zero-order valence-electron chi connectivity index (χ0n) is 19.9. The predicted molar refractivity (Wildman–Crippen MR) is 142 cm³/mol. The maximum atomic E-state index is 5.86. The molecule has 0 unspecified atom stereocenters. The van der Waals surface area contributed by atoms with Crippen LogP contribution in [0.3, 0.4) is 0 Å². The van der Waals surface area contributed by atoms with Crippen molar-refractivity contribution in [3.05, 3.63) is 54.4 Å². The average Bonchev–Trinajstić information content (AvgIpc) is 3.32. The van der Waals surface area contributed by atoms with Crippen LogP contribution in [0.1, 0.15) is 32.3 Å². The van der Waals surface area contributed by atoms with Gasteiger partial charge in [0.05, 0.1) is 18.5 Å². The van der Waals surface area contributed by atoms with E-state index in [1.807, 2.05) is 31.2 Å². The van der Waals surface area contributed by atoms with E-state index in [1.165, 1.54) is 18.4 Å². The number of aryl methyl sites for hydroxylation is 1. The lowest BCUT2D eigenvalue weighted by molar-refractivity contribution is 0.415. The number of nitrogens with zero attached hydrogens (tertiary/aromatic N) is 4. The second-order valence-corrected chi connectivity index (χ2v) is 7.29. The molecule has 0 aliphatic heterocycles. The average molecular weight is 481 g/mol. The zero-order chi connectivity index (χ0) is 25.1. The number of nitrogen functional groups attached to an aromatic ring is 2. The summed E-state index contributed by atoms with van der Waals surface area (Å²) in [5.74, 6) is 1.68. The van der Waals surface area contributed by atoms with Crippen LogP contribution in [0.5, 0.6) is 5.75 Å². The molecule has 0 bridgehead atoms. The number of anilines is 2. The highest BCUT2D eigenvalue weighted by atomic mass is 32.1. The Morgan fingerprint density at radius 2 is 1.62 bits per heavy atom. The number of thiol groups is 1. The summed E-state index contributed by atoms with van der Waals surface area (Å²) in [6.45, 7) is 6.40. The molecule has 4 rings (SSSR count). The van der Waals surface area contributed by atoms with Crippen molar-refractivity contribution in [3.63, 3.8) is 0 Å². The van der Waals surface area contributed by atoms with E-state index >= 15 is 0 Å². The third-order valence-corrected chi connectivity index (χ3v) is 4.83. The monoisotopic (exact) mass is 480 g/mol. The topological polar surface area (TPSA) is 155 Å². The number of aromatic nitrogens is 5. The van der Waals surface area contributed by atoms with E-state index in [0.29, 0.717) is 34.5 Å². The number of unbranched alkanes of at least 4 members (excludes halogenated alkanes) is 1. The first-order chi connectivity index (χ1) is 16.5. The van der Waals surface area contributed by atoms with Crippen molar-refractivity contribution in [1.29, 1.82) is 0 Å².